The van der Waals surface area contributed by atoms with E-state index in [4.69, 9.17) is 9.26 Å². The highest BCUT2D eigenvalue weighted by Crippen LogP contribution is 2.14. The fourth-order valence-corrected chi connectivity index (χ4v) is 1.90. The maximum absolute atomic E-state index is 11.6. The van der Waals surface area contributed by atoms with Gasteiger partial charge in [-0.1, -0.05) is 33.2 Å². The number of aryl methyl sites for hydroxylation is 2. The van der Waals surface area contributed by atoms with Crippen molar-refractivity contribution >= 4 is 28.0 Å². The topological polar surface area (TPSA) is 52.3 Å². The van der Waals surface area contributed by atoms with Crippen LogP contribution >= 0.6 is 15.9 Å². The van der Waals surface area contributed by atoms with E-state index >= 15 is 0 Å². The molecule has 5 heteroatoms. The number of hydrogen-bond acceptors (Lipinski definition) is 4. The van der Waals surface area contributed by atoms with Crippen LogP contribution in [0.25, 0.3) is 6.08 Å². The standard InChI is InChI=1S/C15H14BrNO3/c1-10-14(11(2)20-17-10)9-19-15(18)8-5-12-3-6-13(16)7-4-12/h3-8H,9H2,1-2H3/b8-5+. The molecular formula is C15H14BrNO3. The van der Waals surface area contributed by atoms with Gasteiger partial charge in [-0.25, -0.2) is 4.79 Å². The van der Waals surface area contributed by atoms with Crippen LogP contribution < -0.4 is 0 Å². The van der Waals surface area contributed by atoms with E-state index in [0.29, 0.717) is 5.76 Å². The van der Waals surface area contributed by atoms with Crippen LogP contribution in [0.5, 0.6) is 0 Å². The fraction of sp³-hybridized carbons (Fsp3) is 0.200. The lowest BCUT2D eigenvalue weighted by Crippen LogP contribution is -2.02. The van der Waals surface area contributed by atoms with Crippen molar-refractivity contribution in [2.45, 2.75) is 20.5 Å². The van der Waals surface area contributed by atoms with E-state index in [2.05, 4.69) is 21.1 Å². The molecule has 0 aliphatic carbocycles. The number of hydrogen-bond donors (Lipinski definition) is 0. The molecule has 0 aliphatic rings. The average molecular weight is 336 g/mol. The second-order valence-corrected chi connectivity index (χ2v) is 5.21. The zero-order valence-corrected chi connectivity index (χ0v) is 12.8. The zero-order valence-electron chi connectivity index (χ0n) is 11.2. The minimum absolute atomic E-state index is 0.171. The first-order chi connectivity index (χ1) is 9.56. The Balaban J connectivity index is 1.91. The fourth-order valence-electron chi connectivity index (χ4n) is 1.64. The lowest BCUT2D eigenvalue weighted by atomic mass is 10.2. The average Bonchev–Trinajstić information content (AvgIpc) is 2.75. The van der Waals surface area contributed by atoms with Gasteiger partial charge in [0.05, 0.1) is 11.3 Å². The summed E-state index contributed by atoms with van der Waals surface area (Å²) in [5.41, 5.74) is 2.49. The van der Waals surface area contributed by atoms with Gasteiger partial charge >= 0.3 is 5.97 Å². The summed E-state index contributed by atoms with van der Waals surface area (Å²) >= 11 is 3.36. The third-order valence-corrected chi connectivity index (χ3v) is 3.35. The minimum atomic E-state index is -0.395. The number of carbonyl (C=O) groups excluding carboxylic acids is 1. The molecule has 0 aliphatic heterocycles. The van der Waals surface area contributed by atoms with Gasteiger partial charge in [0.25, 0.3) is 0 Å². The molecule has 0 amide bonds. The van der Waals surface area contributed by atoms with Gasteiger partial charge in [-0.05, 0) is 37.6 Å². The SMILES string of the molecule is Cc1noc(C)c1COC(=O)/C=C/c1ccc(Br)cc1. The van der Waals surface area contributed by atoms with Crippen LogP contribution in [-0.4, -0.2) is 11.1 Å². The van der Waals surface area contributed by atoms with E-state index in [-0.39, 0.29) is 6.61 Å². The van der Waals surface area contributed by atoms with Crippen LogP contribution in [0.15, 0.2) is 39.3 Å². The van der Waals surface area contributed by atoms with Gasteiger partial charge < -0.3 is 9.26 Å². The van der Waals surface area contributed by atoms with Crippen LogP contribution in [0.3, 0.4) is 0 Å². The molecule has 2 rings (SSSR count). The Morgan fingerprint density at radius 2 is 2.05 bits per heavy atom. The molecule has 0 saturated carbocycles. The molecule has 0 fully saturated rings. The Bertz CT molecular complexity index is 610. The Hall–Kier alpha value is -1.88. The number of halogens is 1. The Morgan fingerprint density at radius 1 is 1.35 bits per heavy atom. The van der Waals surface area contributed by atoms with Crippen LogP contribution in [0.2, 0.25) is 0 Å². The van der Waals surface area contributed by atoms with Crippen molar-refractivity contribution in [3.8, 4) is 0 Å². The number of nitrogens with zero attached hydrogens (tertiary/aromatic N) is 1. The number of carbonyl (C=O) groups is 1. The van der Waals surface area contributed by atoms with E-state index < -0.39 is 5.97 Å². The highest BCUT2D eigenvalue weighted by atomic mass is 79.9. The number of rotatable bonds is 4. The smallest absolute Gasteiger partial charge is 0.331 e. The van der Waals surface area contributed by atoms with E-state index in [1.807, 2.05) is 31.2 Å². The molecule has 0 N–H and O–H groups in total. The molecule has 1 aromatic heterocycles. The zero-order chi connectivity index (χ0) is 14.5. The van der Waals surface area contributed by atoms with Crippen LogP contribution in [0.4, 0.5) is 0 Å². The van der Waals surface area contributed by atoms with Crippen molar-refractivity contribution in [1.29, 1.82) is 0 Å². The van der Waals surface area contributed by atoms with Crippen molar-refractivity contribution in [1.82, 2.24) is 5.16 Å². The highest BCUT2D eigenvalue weighted by molar-refractivity contribution is 9.10. The summed E-state index contributed by atoms with van der Waals surface area (Å²) < 4.78 is 11.2. The summed E-state index contributed by atoms with van der Waals surface area (Å²) in [4.78, 5) is 11.6. The van der Waals surface area contributed by atoms with E-state index in [1.54, 1.807) is 13.0 Å². The molecule has 1 heterocycles. The van der Waals surface area contributed by atoms with Gasteiger partial charge in [0.2, 0.25) is 0 Å². The van der Waals surface area contributed by atoms with E-state index in [1.165, 1.54) is 6.08 Å². The van der Waals surface area contributed by atoms with Gasteiger partial charge in [-0.3, -0.25) is 0 Å². The maximum atomic E-state index is 11.6. The lowest BCUT2D eigenvalue weighted by Gasteiger charge is -2.01. The van der Waals surface area contributed by atoms with E-state index in [9.17, 15) is 4.79 Å². The number of benzene rings is 1. The molecule has 104 valence electrons. The molecule has 2 aromatic rings. The molecule has 20 heavy (non-hydrogen) atoms. The third-order valence-electron chi connectivity index (χ3n) is 2.82. The van der Waals surface area contributed by atoms with Crippen LogP contribution in [0.1, 0.15) is 22.6 Å². The first-order valence-corrected chi connectivity index (χ1v) is 6.87. The molecule has 4 nitrogen and oxygen atoms in total. The highest BCUT2D eigenvalue weighted by Gasteiger charge is 2.10. The van der Waals surface area contributed by atoms with Crippen LogP contribution in [-0.2, 0) is 16.1 Å². The first kappa shape index (κ1) is 14.5. The van der Waals surface area contributed by atoms with Gasteiger partial charge in [-0.15, -0.1) is 0 Å². The summed E-state index contributed by atoms with van der Waals surface area (Å²) in [6.07, 6.45) is 3.11. The monoisotopic (exact) mass is 335 g/mol. The van der Waals surface area contributed by atoms with Crippen molar-refractivity contribution in [2.75, 3.05) is 0 Å². The predicted molar refractivity (Wildman–Crippen MR) is 78.9 cm³/mol. The van der Waals surface area contributed by atoms with Crippen LogP contribution in [0, 0.1) is 13.8 Å². The second-order valence-electron chi connectivity index (χ2n) is 4.30. The Labute approximate surface area is 125 Å². The largest absolute Gasteiger partial charge is 0.457 e. The van der Waals surface area contributed by atoms with E-state index in [0.717, 1.165) is 21.3 Å². The van der Waals surface area contributed by atoms with Crippen molar-refractivity contribution in [2.24, 2.45) is 0 Å². The number of ether oxygens (including phenoxy) is 1. The predicted octanol–water partition coefficient (Wildman–Crippen LogP) is 3.81. The molecule has 0 saturated heterocycles. The van der Waals surface area contributed by atoms with Gasteiger partial charge in [-0.2, -0.15) is 0 Å². The van der Waals surface area contributed by atoms with Crippen molar-refractivity contribution in [3.05, 3.63) is 57.4 Å². The van der Waals surface area contributed by atoms with Gasteiger partial charge in [0.1, 0.15) is 12.4 Å². The summed E-state index contributed by atoms with van der Waals surface area (Å²) in [5.74, 6) is 0.278. The number of esters is 1. The van der Waals surface area contributed by atoms with Gasteiger partial charge in [0, 0.05) is 10.5 Å². The number of aromatic nitrogens is 1. The van der Waals surface area contributed by atoms with Crippen molar-refractivity contribution in [3.63, 3.8) is 0 Å². The summed E-state index contributed by atoms with van der Waals surface area (Å²) in [6.45, 7) is 3.78. The first-order valence-electron chi connectivity index (χ1n) is 6.08. The lowest BCUT2D eigenvalue weighted by molar-refractivity contribution is -0.138. The maximum Gasteiger partial charge on any atom is 0.331 e. The summed E-state index contributed by atoms with van der Waals surface area (Å²) in [6, 6.07) is 7.63. The summed E-state index contributed by atoms with van der Waals surface area (Å²) in [5, 5.41) is 3.81. The molecule has 0 spiro atoms. The Morgan fingerprint density at radius 3 is 2.65 bits per heavy atom. The second kappa shape index (κ2) is 6.52. The molecular weight excluding hydrogens is 322 g/mol. The van der Waals surface area contributed by atoms with Gasteiger partial charge in [0.15, 0.2) is 0 Å². The molecule has 0 atom stereocenters. The third kappa shape index (κ3) is 3.81. The molecule has 0 radical (unpaired) electrons. The summed E-state index contributed by atoms with van der Waals surface area (Å²) in [7, 11) is 0. The quantitative estimate of drug-likeness (QED) is 0.629. The molecule has 0 bridgehead atoms. The minimum Gasteiger partial charge on any atom is -0.457 e. The molecule has 0 unspecified atom stereocenters. The Kier molecular flexibility index (Phi) is 4.74. The normalized spacial score (nSPS) is 10.9. The van der Waals surface area contributed by atoms with Crippen molar-refractivity contribution < 1.29 is 14.1 Å². The molecule has 1 aromatic carbocycles.